The second-order valence-corrected chi connectivity index (χ2v) is 6.41. The first-order valence-electron chi connectivity index (χ1n) is 8.41. The zero-order valence-corrected chi connectivity index (χ0v) is 14.0. The number of rotatable bonds is 7. The van der Waals surface area contributed by atoms with Crippen molar-refractivity contribution in [3.63, 3.8) is 0 Å². The Balaban J connectivity index is 1.62. The lowest BCUT2D eigenvalue weighted by Gasteiger charge is -2.23. The van der Waals surface area contributed by atoms with Gasteiger partial charge in [0.05, 0.1) is 11.0 Å². The van der Waals surface area contributed by atoms with Crippen LogP contribution in [-0.2, 0) is 4.79 Å². The number of nitro benzene ring substituents is 1. The SMILES string of the molecule is C[C@@H](N[C@@H](c1ccccc1)C1CC1)C(=O)Nc1ccc([N+](=O)[O-])cc1. The summed E-state index contributed by atoms with van der Waals surface area (Å²) in [6, 6.07) is 15.8. The molecule has 0 heterocycles. The maximum atomic E-state index is 12.4. The summed E-state index contributed by atoms with van der Waals surface area (Å²) in [5.41, 5.74) is 1.74. The molecule has 1 aliphatic carbocycles. The van der Waals surface area contributed by atoms with Gasteiger partial charge in [0.15, 0.2) is 0 Å². The molecular weight excluding hydrogens is 318 g/mol. The van der Waals surface area contributed by atoms with Crippen LogP contribution in [-0.4, -0.2) is 16.9 Å². The lowest BCUT2D eigenvalue weighted by molar-refractivity contribution is -0.384. The molecule has 6 nitrogen and oxygen atoms in total. The van der Waals surface area contributed by atoms with Gasteiger partial charge in [-0.1, -0.05) is 30.3 Å². The normalized spacial score (nSPS) is 16.0. The van der Waals surface area contributed by atoms with E-state index in [1.165, 1.54) is 30.5 Å². The lowest BCUT2D eigenvalue weighted by Crippen LogP contribution is -2.40. The van der Waals surface area contributed by atoms with Crippen LogP contribution in [0.4, 0.5) is 11.4 Å². The fourth-order valence-electron chi connectivity index (χ4n) is 2.86. The third kappa shape index (κ3) is 4.42. The highest BCUT2D eigenvalue weighted by atomic mass is 16.6. The molecule has 0 aliphatic heterocycles. The van der Waals surface area contributed by atoms with Gasteiger partial charge in [-0.05, 0) is 43.4 Å². The first-order chi connectivity index (χ1) is 12.0. The molecule has 1 fully saturated rings. The number of carbonyl (C=O) groups excluding carboxylic acids is 1. The van der Waals surface area contributed by atoms with Crippen LogP contribution in [0.15, 0.2) is 54.6 Å². The van der Waals surface area contributed by atoms with E-state index in [9.17, 15) is 14.9 Å². The molecule has 2 aromatic rings. The minimum atomic E-state index is -0.462. The Kier molecular flexibility index (Phi) is 5.09. The first kappa shape index (κ1) is 17.1. The Morgan fingerprint density at radius 2 is 1.76 bits per heavy atom. The van der Waals surface area contributed by atoms with Gasteiger partial charge in [-0.25, -0.2) is 0 Å². The molecule has 2 aromatic carbocycles. The summed E-state index contributed by atoms with van der Waals surface area (Å²) >= 11 is 0. The van der Waals surface area contributed by atoms with E-state index < -0.39 is 4.92 Å². The van der Waals surface area contributed by atoms with Crippen LogP contribution >= 0.6 is 0 Å². The molecule has 2 N–H and O–H groups in total. The number of anilines is 1. The third-order valence-electron chi connectivity index (χ3n) is 4.42. The van der Waals surface area contributed by atoms with Crippen LogP contribution in [0.1, 0.15) is 31.4 Å². The van der Waals surface area contributed by atoms with Crippen molar-refractivity contribution in [2.75, 3.05) is 5.32 Å². The van der Waals surface area contributed by atoms with E-state index >= 15 is 0 Å². The second kappa shape index (κ2) is 7.44. The van der Waals surface area contributed by atoms with Crippen molar-refractivity contribution in [1.29, 1.82) is 0 Å². The van der Waals surface area contributed by atoms with Crippen molar-refractivity contribution in [3.05, 3.63) is 70.3 Å². The molecule has 0 bridgehead atoms. The zero-order valence-electron chi connectivity index (χ0n) is 14.0. The first-order valence-corrected chi connectivity index (χ1v) is 8.41. The monoisotopic (exact) mass is 339 g/mol. The van der Waals surface area contributed by atoms with Crippen molar-refractivity contribution >= 4 is 17.3 Å². The van der Waals surface area contributed by atoms with Crippen molar-refractivity contribution in [1.82, 2.24) is 5.32 Å². The van der Waals surface area contributed by atoms with Crippen molar-refractivity contribution in [2.24, 2.45) is 5.92 Å². The number of nitro groups is 1. The highest BCUT2D eigenvalue weighted by Crippen LogP contribution is 2.41. The van der Waals surface area contributed by atoms with Gasteiger partial charge in [0, 0.05) is 23.9 Å². The van der Waals surface area contributed by atoms with Crippen LogP contribution in [0.5, 0.6) is 0 Å². The molecule has 1 saturated carbocycles. The molecule has 0 unspecified atom stereocenters. The highest BCUT2D eigenvalue weighted by molar-refractivity contribution is 5.94. The van der Waals surface area contributed by atoms with Gasteiger partial charge in [0.2, 0.25) is 5.91 Å². The molecular formula is C19H21N3O3. The number of hydrogen-bond donors (Lipinski definition) is 2. The van der Waals surface area contributed by atoms with Crippen LogP contribution in [0.25, 0.3) is 0 Å². The van der Waals surface area contributed by atoms with Crippen molar-refractivity contribution in [3.8, 4) is 0 Å². The summed E-state index contributed by atoms with van der Waals surface area (Å²) in [7, 11) is 0. The van der Waals surface area contributed by atoms with Crippen LogP contribution < -0.4 is 10.6 Å². The van der Waals surface area contributed by atoms with E-state index in [0.29, 0.717) is 11.6 Å². The Bertz CT molecular complexity index is 742. The molecule has 3 rings (SSSR count). The maximum Gasteiger partial charge on any atom is 0.269 e. The number of carbonyl (C=O) groups is 1. The van der Waals surface area contributed by atoms with Crippen molar-refractivity contribution in [2.45, 2.75) is 31.8 Å². The molecule has 1 aliphatic rings. The van der Waals surface area contributed by atoms with Gasteiger partial charge in [0.1, 0.15) is 0 Å². The number of hydrogen-bond acceptors (Lipinski definition) is 4. The van der Waals surface area contributed by atoms with Gasteiger partial charge in [-0.3, -0.25) is 20.2 Å². The topological polar surface area (TPSA) is 84.3 Å². The van der Waals surface area contributed by atoms with Crippen LogP contribution in [0, 0.1) is 16.0 Å². The van der Waals surface area contributed by atoms with E-state index in [1.807, 2.05) is 25.1 Å². The highest BCUT2D eigenvalue weighted by Gasteiger charge is 2.33. The minimum absolute atomic E-state index is 0.00190. The molecule has 0 spiro atoms. The number of nitrogens with zero attached hydrogens (tertiary/aromatic N) is 1. The number of benzene rings is 2. The number of non-ortho nitro benzene ring substituents is 1. The Morgan fingerprint density at radius 1 is 1.12 bits per heavy atom. The summed E-state index contributed by atoms with van der Waals surface area (Å²) in [4.78, 5) is 22.6. The summed E-state index contributed by atoms with van der Waals surface area (Å²) in [6.07, 6.45) is 2.34. The van der Waals surface area contributed by atoms with Crippen molar-refractivity contribution < 1.29 is 9.72 Å². The second-order valence-electron chi connectivity index (χ2n) is 6.41. The van der Waals surface area contributed by atoms with Gasteiger partial charge >= 0.3 is 0 Å². The van der Waals surface area contributed by atoms with E-state index in [4.69, 9.17) is 0 Å². The minimum Gasteiger partial charge on any atom is -0.325 e. The molecule has 6 heteroatoms. The Hall–Kier alpha value is -2.73. The molecule has 0 aromatic heterocycles. The summed E-state index contributed by atoms with van der Waals surface area (Å²) in [5.74, 6) is 0.410. The summed E-state index contributed by atoms with van der Waals surface area (Å²) in [5, 5.41) is 16.9. The maximum absolute atomic E-state index is 12.4. The number of amides is 1. The van der Waals surface area contributed by atoms with Gasteiger partial charge in [-0.15, -0.1) is 0 Å². The van der Waals surface area contributed by atoms with Crippen LogP contribution in [0.2, 0.25) is 0 Å². The molecule has 25 heavy (non-hydrogen) atoms. The standard InChI is InChI=1S/C19H21N3O3/c1-13(19(23)21-16-9-11-17(12-10-16)22(24)25)20-18(15-7-8-15)14-5-3-2-4-6-14/h2-6,9-13,15,18,20H,7-8H2,1H3,(H,21,23)/t13-,18+/m1/s1. The van der Waals surface area contributed by atoms with E-state index in [0.717, 1.165) is 0 Å². The van der Waals surface area contributed by atoms with Crippen LogP contribution in [0.3, 0.4) is 0 Å². The average Bonchev–Trinajstić information content (AvgIpc) is 3.45. The fourth-order valence-corrected chi connectivity index (χ4v) is 2.86. The van der Waals surface area contributed by atoms with E-state index in [2.05, 4.69) is 22.8 Å². The largest absolute Gasteiger partial charge is 0.325 e. The zero-order chi connectivity index (χ0) is 17.8. The van der Waals surface area contributed by atoms with Gasteiger partial charge in [-0.2, -0.15) is 0 Å². The van der Waals surface area contributed by atoms with E-state index in [1.54, 1.807) is 12.1 Å². The lowest BCUT2D eigenvalue weighted by atomic mass is 10.0. The summed E-state index contributed by atoms with van der Waals surface area (Å²) in [6.45, 7) is 1.83. The quantitative estimate of drug-likeness (QED) is 0.595. The Labute approximate surface area is 146 Å². The molecule has 0 radical (unpaired) electrons. The van der Waals surface area contributed by atoms with Gasteiger partial charge in [0.25, 0.3) is 5.69 Å². The molecule has 130 valence electrons. The number of nitrogens with one attached hydrogen (secondary N) is 2. The predicted octanol–water partition coefficient (Wildman–Crippen LogP) is 3.66. The predicted molar refractivity (Wildman–Crippen MR) is 96.2 cm³/mol. The molecule has 0 saturated heterocycles. The smallest absolute Gasteiger partial charge is 0.269 e. The van der Waals surface area contributed by atoms with E-state index in [-0.39, 0.29) is 23.7 Å². The third-order valence-corrected chi connectivity index (χ3v) is 4.42. The van der Waals surface area contributed by atoms with Gasteiger partial charge < -0.3 is 5.32 Å². The molecule has 1 amide bonds. The fraction of sp³-hybridized carbons (Fsp3) is 0.316. The average molecular weight is 339 g/mol. The summed E-state index contributed by atoms with van der Waals surface area (Å²) < 4.78 is 0. The Morgan fingerprint density at radius 3 is 2.32 bits per heavy atom. The molecule has 2 atom stereocenters.